The van der Waals surface area contributed by atoms with Crippen molar-refractivity contribution in [1.29, 1.82) is 0 Å². The number of likely N-dealkylation sites (tertiary alicyclic amines) is 1. The molecule has 2 rings (SSSR count). The van der Waals surface area contributed by atoms with Crippen molar-refractivity contribution in [2.45, 2.75) is 38.8 Å². The number of hydrogen-bond donors (Lipinski definition) is 2. The molecule has 0 aliphatic carbocycles. The van der Waals surface area contributed by atoms with Crippen molar-refractivity contribution in [3.8, 4) is 0 Å². The van der Waals surface area contributed by atoms with E-state index in [0.29, 0.717) is 19.4 Å². The zero-order chi connectivity index (χ0) is 18.6. The summed E-state index contributed by atoms with van der Waals surface area (Å²) in [5, 5.41) is 5.65. The predicted octanol–water partition coefficient (Wildman–Crippen LogP) is 1.72. The van der Waals surface area contributed by atoms with E-state index in [1.807, 2.05) is 0 Å². The lowest BCUT2D eigenvalue weighted by atomic mass is 10.1. The summed E-state index contributed by atoms with van der Waals surface area (Å²) in [6.07, 6.45) is 0.598. The van der Waals surface area contributed by atoms with E-state index in [1.54, 1.807) is 13.8 Å². The Hall–Kier alpha value is -2.15. The summed E-state index contributed by atoms with van der Waals surface area (Å²) < 4.78 is 14.1. The van der Waals surface area contributed by atoms with Gasteiger partial charge in [0.15, 0.2) is 0 Å². The highest BCUT2D eigenvalue weighted by atomic mass is 35.5. The van der Waals surface area contributed by atoms with Gasteiger partial charge in [-0.15, -0.1) is 0 Å². The number of amides is 3. The average Bonchev–Trinajstić information content (AvgIpc) is 2.98. The number of hydrogen-bond acceptors (Lipinski definition) is 3. The highest BCUT2D eigenvalue weighted by Crippen LogP contribution is 2.23. The molecule has 25 heavy (non-hydrogen) atoms. The normalized spacial score (nSPS) is 19.6. The summed E-state index contributed by atoms with van der Waals surface area (Å²) in [6.45, 7) is 4.05. The van der Waals surface area contributed by atoms with Crippen molar-refractivity contribution < 1.29 is 18.8 Å². The molecule has 0 saturated carbocycles. The van der Waals surface area contributed by atoms with Gasteiger partial charge in [-0.3, -0.25) is 14.4 Å². The Labute approximate surface area is 150 Å². The standard InChI is InChI=1S/C17H21ClFN3O3/c1-3-15(23)21-11-8-14(16(24)20-4-2)22(9-11)17(25)12-6-5-10(18)7-13(12)19/h5-7,11,14H,3-4,8-9H2,1-2H3,(H,20,24)(H,21,23)/t11-,14-/m0/s1. The number of carbonyl (C=O) groups excluding carboxylic acids is 3. The number of nitrogens with one attached hydrogen (secondary N) is 2. The Morgan fingerprint density at radius 3 is 2.64 bits per heavy atom. The van der Waals surface area contributed by atoms with Gasteiger partial charge in [-0.1, -0.05) is 18.5 Å². The zero-order valence-corrected chi connectivity index (χ0v) is 14.9. The van der Waals surface area contributed by atoms with Crippen molar-refractivity contribution in [2.24, 2.45) is 0 Å². The summed E-state index contributed by atoms with van der Waals surface area (Å²) in [6, 6.07) is 2.67. The van der Waals surface area contributed by atoms with Gasteiger partial charge < -0.3 is 15.5 Å². The Morgan fingerprint density at radius 1 is 1.32 bits per heavy atom. The summed E-state index contributed by atoms with van der Waals surface area (Å²) in [7, 11) is 0. The van der Waals surface area contributed by atoms with E-state index in [0.717, 1.165) is 6.07 Å². The van der Waals surface area contributed by atoms with Crippen LogP contribution in [0.15, 0.2) is 18.2 Å². The largest absolute Gasteiger partial charge is 0.355 e. The molecule has 136 valence electrons. The minimum absolute atomic E-state index is 0.147. The number of likely N-dealkylation sites (N-methyl/N-ethyl adjacent to an activating group) is 1. The first-order valence-corrected chi connectivity index (χ1v) is 8.58. The molecule has 2 atom stereocenters. The smallest absolute Gasteiger partial charge is 0.257 e. The van der Waals surface area contributed by atoms with Crippen LogP contribution in [-0.4, -0.2) is 47.8 Å². The molecule has 0 aromatic heterocycles. The number of nitrogens with zero attached hydrogens (tertiary/aromatic N) is 1. The highest BCUT2D eigenvalue weighted by molar-refractivity contribution is 6.30. The average molecular weight is 370 g/mol. The van der Waals surface area contributed by atoms with Gasteiger partial charge in [-0.2, -0.15) is 0 Å². The van der Waals surface area contributed by atoms with Gasteiger partial charge in [-0.05, 0) is 31.5 Å². The molecule has 1 fully saturated rings. The van der Waals surface area contributed by atoms with Crippen LogP contribution in [-0.2, 0) is 9.59 Å². The van der Waals surface area contributed by atoms with E-state index in [-0.39, 0.29) is 35.0 Å². The van der Waals surface area contributed by atoms with Gasteiger partial charge in [0.2, 0.25) is 11.8 Å². The van der Waals surface area contributed by atoms with Crippen molar-refractivity contribution >= 4 is 29.3 Å². The van der Waals surface area contributed by atoms with Crippen molar-refractivity contribution in [3.05, 3.63) is 34.6 Å². The third-order valence-electron chi connectivity index (χ3n) is 4.06. The third-order valence-corrected chi connectivity index (χ3v) is 4.30. The number of rotatable bonds is 5. The molecule has 1 saturated heterocycles. The van der Waals surface area contributed by atoms with Crippen LogP contribution in [0.5, 0.6) is 0 Å². The molecule has 1 aromatic carbocycles. The van der Waals surface area contributed by atoms with Crippen LogP contribution >= 0.6 is 11.6 Å². The number of benzene rings is 1. The Bertz CT molecular complexity index is 683. The first-order chi connectivity index (χ1) is 11.9. The second kappa shape index (κ2) is 8.29. The lowest BCUT2D eigenvalue weighted by Crippen LogP contribution is -2.46. The number of carbonyl (C=O) groups is 3. The fourth-order valence-corrected chi connectivity index (χ4v) is 3.01. The molecule has 1 aliphatic heterocycles. The molecule has 6 nitrogen and oxygen atoms in total. The zero-order valence-electron chi connectivity index (χ0n) is 14.1. The van der Waals surface area contributed by atoms with Crippen LogP contribution in [0, 0.1) is 5.82 Å². The first-order valence-electron chi connectivity index (χ1n) is 8.20. The minimum atomic E-state index is -0.760. The van der Waals surface area contributed by atoms with Crippen LogP contribution in [0.2, 0.25) is 5.02 Å². The molecule has 1 aromatic rings. The molecule has 1 aliphatic rings. The molecule has 8 heteroatoms. The highest BCUT2D eigenvalue weighted by Gasteiger charge is 2.40. The molecular weight excluding hydrogens is 349 g/mol. The van der Waals surface area contributed by atoms with Crippen molar-refractivity contribution in [3.63, 3.8) is 0 Å². The third kappa shape index (κ3) is 4.48. The maximum atomic E-state index is 14.1. The molecule has 0 bridgehead atoms. The van der Waals surface area contributed by atoms with E-state index in [4.69, 9.17) is 11.6 Å². The van der Waals surface area contributed by atoms with E-state index >= 15 is 0 Å². The summed E-state index contributed by atoms with van der Waals surface area (Å²) in [4.78, 5) is 38.0. The van der Waals surface area contributed by atoms with Gasteiger partial charge in [0.25, 0.3) is 5.91 Å². The maximum Gasteiger partial charge on any atom is 0.257 e. The summed E-state index contributed by atoms with van der Waals surface area (Å²) >= 11 is 5.72. The molecule has 1 heterocycles. The van der Waals surface area contributed by atoms with E-state index in [9.17, 15) is 18.8 Å². The predicted molar refractivity (Wildman–Crippen MR) is 91.8 cm³/mol. The van der Waals surface area contributed by atoms with E-state index in [2.05, 4.69) is 10.6 Å². The Kier molecular flexibility index (Phi) is 6.36. The van der Waals surface area contributed by atoms with Crippen LogP contribution in [0.25, 0.3) is 0 Å². The van der Waals surface area contributed by atoms with Gasteiger partial charge in [0, 0.05) is 30.6 Å². The molecule has 0 radical (unpaired) electrons. The molecule has 2 N–H and O–H groups in total. The molecule has 0 unspecified atom stereocenters. The fourth-order valence-electron chi connectivity index (χ4n) is 2.85. The van der Waals surface area contributed by atoms with Gasteiger partial charge in [-0.25, -0.2) is 4.39 Å². The van der Waals surface area contributed by atoms with Gasteiger partial charge in [0.1, 0.15) is 11.9 Å². The monoisotopic (exact) mass is 369 g/mol. The SMILES string of the molecule is CCNC(=O)[C@@H]1C[C@H](NC(=O)CC)CN1C(=O)c1ccc(Cl)cc1F. The summed E-state index contributed by atoms with van der Waals surface area (Å²) in [5.74, 6) is -1.82. The minimum Gasteiger partial charge on any atom is -0.355 e. The van der Waals surface area contributed by atoms with Crippen LogP contribution in [0.4, 0.5) is 4.39 Å². The second-order valence-electron chi connectivity index (χ2n) is 5.85. The molecule has 3 amide bonds. The topological polar surface area (TPSA) is 78.5 Å². The molecule has 0 spiro atoms. The fraction of sp³-hybridized carbons (Fsp3) is 0.471. The Morgan fingerprint density at radius 2 is 2.04 bits per heavy atom. The van der Waals surface area contributed by atoms with Crippen LogP contribution < -0.4 is 10.6 Å². The van der Waals surface area contributed by atoms with Gasteiger partial charge >= 0.3 is 0 Å². The lowest BCUT2D eigenvalue weighted by Gasteiger charge is -2.24. The van der Waals surface area contributed by atoms with Crippen LogP contribution in [0.1, 0.15) is 37.0 Å². The van der Waals surface area contributed by atoms with Crippen molar-refractivity contribution in [1.82, 2.24) is 15.5 Å². The van der Waals surface area contributed by atoms with E-state index < -0.39 is 17.8 Å². The first kappa shape index (κ1) is 19.2. The second-order valence-corrected chi connectivity index (χ2v) is 6.28. The Balaban J connectivity index is 2.25. The number of halogens is 2. The van der Waals surface area contributed by atoms with Gasteiger partial charge in [0.05, 0.1) is 5.56 Å². The maximum absolute atomic E-state index is 14.1. The molecular formula is C17H21ClFN3O3. The quantitative estimate of drug-likeness (QED) is 0.829. The van der Waals surface area contributed by atoms with Crippen molar-refractivity contribution in [2.75, 3.05) is 13.1 Å². The van der Waals surface area contributed by atoms with E-state index in [1.165, 1.54) is 17.0 Å². The lowest BCUT2D eigenvalue weighted by molar-refractivity contribution is -0.125. The van der Waals surface area contributed by atoms with Crippen LogP contribution in [0.3, 0.4) is 0 Å². The summed E-state index contributed by atoms with van der Waals surface area (Å²) in [5.41, 5.74) is -0.152.